The van der Waals surface area contributed by atoms with E-state index in [0.717, 1.165) is 13.2 Å². The maximum Gasteiger partial charge on any atom is 0.328 e. The Labute approximate surface area is 99.4 Å². The molecule has 1 aromatic carbocycles. The van der Waals surface area contributed by atoms with E-state index in [2.05, 4.69) is 5.32 Å². The number of rotatable bonds is 3. The minimum atomic E-state index is -1.02. The molecule has 5 heteroatoms. The summed E-state index contributed by atoms with van der Waals surface area (Å²) < 4.78 is 0. The molecule has 0 unspecified atom stereocenters. The number of nitrogens with one attached hydrogen (secondary N) is 1. The molecular formula is C12H15NO4. The first kappa shape index (κ1) is 14.9. The fraction of sp³-hybridized carbons (Fsp3) is 0.167. The van der Waals surface area contributed by atoms with Gasteiger partial charge in [0.05, 0.1) is 0 Å². The van der Waals surface area contributed by atoms with Gasteiger partial charge in [-0.05, 0) is 17.7 Å². The summed E-state index contributed by atoms with van der Waals surface area (Å²) in [5, 5.41) is 18.1. The molecule has 0 aromatic heterocycles. The zero-order chi connectivity index (χ0) is 13.3. The highest BCUT2D eigenvalue weighted by Gasteiger charge is 2.00. The predicted molar refractivity (Wildman–Crippen MR) is 65.6 cm³/mol. The molecule has 1 amide bonds. The number of aliphatic hydroxyl groups excluding tert-OH is 1. The number of hydrogen-bond donors (Lipinski definition) is 3. The second-order valence-corrected chi connectivity index (χ2v) is 2.94. The van der Waals surface area contributed by atoms with Crippen LogP contribution in [0.3, 0.4) is 0 Å². The Balaban J connectivity index is 0.00000121. The molecule has 1 aromatic rings. The van der Waals surface area contributed by atoms with Gasteiger partial charge in [-0.15, -0.1) is 0 Å². The van der Waals surface area contributed by atoms with Gasteiger partial charge in [-0.3, -0.25) is 4.79 Å². The Morgan fingerprint density at radius 2 is 1.82 bits per heavy atom. The van der Waals surface area contributed by atoms with Crippen molar-refractivity contribution >= 4 is 23.6 Å². The van der Waals surface area contributed by atoms with E-state index in [1.54, 1.807) is 24.3 Å². The van der Waals surface area contributed by atoms with Crippen LogP contribution in [0.4, 0.5) is 5.69 Å². The number of hydrogen-bond acceptors (Lipinski definition) is 3. The number of carbonyl (C=O) groups is 2. The van der Waals surface area contributed by atoms with E-state index in [4.69, 9.17) is 10.2 Å². The fourth-order valence-electron chi connectivity index (χ4n) is 1.11. The van der Waals surface area contributed by atoms with Crippen molar-refractivity contribution in [2.24, 2.45) is 0 Å². The molecule has 0 saturated heterocycles. The zero-order valence-electron chi connectivity index (χ0n) is 9.68. The summed E-state index contributed by atoms with van der Waals surface area (Å²) in [5.41, 5.74) is 1.26. The van der Waals surface area contributed by atoms with E-state index in [1.165, 1.54) is 13.0 Å². The number of benzene rings is 1. The molecule has 0 saturated carbocycles. The molecule has 0 spiro atoms. The molecule has 17 heavy (non-hydrogen) atoms. The van der Waals surface area contributed by atoms with Crippen molar-refractivity contribution in [1.29, 1.82) is 0 Å². The minimum absolute atomic E-state index is 0.189. The highest BCUT2D eigenvalue weighted by molar-refractivity contribution is 5.93. The van der Waals surface area contributed by atoms with Crippen LogP contribution in [0.1, 0.15) is 12.5 Å². The third-order valence-corrected chi connectivity index (χ3v) is 1.68. The van der Waals surface area contributed by atoms with E-state index in [1.807, 2.05) is 0 Å². The van der Waals surface area contributed by atoms with Gasteiger partial charge in [0, 0.05) is 25.8 Å². The van der Waals surface area contributed by atoms with Crippen LogP contribution in [0, 0.1) is 0 Å². The number of amides is 1. The van der Waals surface area contributed by atoms with Gasteiger partial charge in [-0.25, -0.2) is 4.79 Å². The normalized spacial score (nSPS) is 9.35. The quantitative estimate of drug-likeness (QED) is 0.692. The summed E-state index contributed by atoms with van der Waals surface area (Å²) in [6, 6.07) is 6.98. The molecular weight excluding hydrogens is 222 g/mol. The van der Waals surface area contributed by atoms with E-state index in [0.29, 0.717) is 11.3 Å². The van der Waals surface area contributed by atoms with Crippen LogP contribution in [-0.2, 0) is 9.59 Å². The number of carboxylic acids is 1. The molecule has 0 aliphatic heterocycles. The Morgan fingerprint density at radius 3 is 2.35 bits per heavy atom. The van der Waals surface area contributed by atoms with Crippen molar-refractivity contribution in [3.63, 3.8) is 0 Å². The summed E-state index contributed by atoms with van der Waals surface area (Å²) in [7, 11) is 1.00. The van der Waals surface area contributed by atoms with Crippen molar-refractivity contribution in [1.82, 2.24) is 0 Å². The van der Waals surface area contributed by atoms with E-state index in [9.17, 15) is 9.59 Å². The Bertz CT molecular complexity index is 413. The number of para-hydroxylation sites is 1. The summed E-state index contributed by atoms with van der Waals surface area (Å²) in [5.74, 6) is -1.21. The third kappa shape index (κ3) is 6.11. The average Bonchev–Trinajstić information content (AvgIpc) is 2.30. The number of aliphatic carboxylic acids is 1. The molecule has 0 radical (unpaired) electrons. The fourth-order valence-corrected chi connectivity index (χ4v) is 1.11. The first-order valence-corrected chi connectivity index (χ1v) is 4.82. The molecule has 0 heterocycles. The van der Waals surface area contributed by atoms with Gasteiger partial charge >= 0.3 is 5.97 Å². The molecule has 0 atom stereocenters. The average molecular weight is 237 g/mol. The van der Waals surface area contributed by atoms with Gasteiger partial charge in [0.2, 0.25) is 5.91 Å². The van der Waals surface area contributed by atoms with E-state index in [-0.39, 0.29) is 5.91 Å². The number of carbonyl (C=O) groups excluding carboxylic acids is 1. The first-order chi connectivity index (χ1) is 8.09. The van der Waals surface area contributed by atoms with Crippen LogP contribution in [0.15, 0.2) is 30.3 Å². The summed E-state index contributed by atoms with van der Waals surface area (Å²) >= 11 is 0. The zero-order valence-corrected chi connectivity index (χ0v) is 9.68. The summed E-state index contributed by atoms with van der Waals surface area (Å²) in [6.45, 7) is 1.40. The molecule has 0 aliphatic rings. The lowest BCUT2D eigenvalue weighted by molar-refractivity contribution is -0.131. The number of anilines is 1. The number of aliphatic hydroxyl groups is 1. The number of carboxylic acid groups (broad SMARTS) is 1. The van der Waals surface area contributed by atoms with Gasteiger partial charge in [-0.2, -0.15) is 0 Å². The van der Waals surface area contributed by atoms with Crippen molar-refractivity contribution in [3.8, 4) is 0 Å². The van der Waals surface area contributed by atoms with E-state index < -0.39 is 5.97 Å². The minimum Gasteiger partial charge on any atom is -0.478 e. The maximum atomic E-state index is 10.9. The third-order valence-electron chi connectivity index (χ3n) is 1.68. The summed E-state index contributed by atoms with van der Waals surface area (Å²) in [6.07, 6.45) is 2.47. The Hall–Kier alpha value is -2.14. The standard InChI is InChI=1S/C11H11NO3.CH4O/c1-8(13)12-10-5-3-2-4-9(10)6-7-11(14)15;1-2/h2-7H,1H3,(H,12,13)(H,14,15);2H,1H3/b7-6+;. The largest absolute Gasteiger partial charge is 0.478 e. The van der Waals surface area contributed by atoms with Crippen LogP contribution < -0.4 is 5.32 Å². The smallest absolute Gasteiger partial charge is 0.328 e. The first-order valence-electron chi connectivity index (χ1n) is 4.82. The van der Waals surface area contributed by atoms with Crippen molar-refractivity contribution in [2.75, 3.05) is 12.4 Å². The SMILES string of the molecule is CC(=O)Nc1ccccc1/C=C/C(=O)O.CO. The molecule has 0 fully saturated rings. The molecule has 3 N–H and O–H groups in total. The topological polar surface area (TPSA) is 86.6 Å². The maximum absolute atomic E-state index is 10.9. The molecule has 5 nitrogen and oxygen atoms in total. The highest BCUT2D eigenvalue weighted by Crippen LogP contribution is 2.16. The van der Waals surface area contributed by atoms with Crippen LogP contribution >= 0.6 is 0 Å². The van der Waals surface area contributed by atoms with Crippen molar-refractivity contribution in [2.45, 2.75) is 6.92 Å². The molecule has 0 bridgehead atoms. The lowest BCUT2D eigenvalue weighted by Crippen LogP contribution is -2.06. The van der Waals surface area contributed by atoms with Crippen LogP contribution in [-0.4, -0.2) is 29.2 Å². The van der Waals surface area contributed by atoms with Crippen molar-refractivity contribution in [3.05, 3.63) is 35.9 Å². The monoisotopic (exact) mass is 237 g/mol. The lowest BCUT2D eigenvalue weighted by Gasteiger charge is -2.05. The van der Waals surface area contributed by atoms with E-state index >= 15 is 0 Å². The summed E-state index contributed by atoms with van der Waals surface area (Å²) in [4.78, 5) is 21.2. The van der Waals surface area contributed by atoms with Gasteiger partial charge in [-0.1, -0.05) is 18.2 Å². The molecule has 1 rings (SSSR count). The lowest BCUT2D eigenvalue weighted by atomic mass is 10.1. The van der Waals surface area contributed by atoms with Crippen LogP contribution in [0.2, 0.25) is 0 Å². The second-order valence-electron chi connectivity index (χ2n) is 2.94. The van der Waals surface area contributed by atoms with Crippen molar-refractivity contribution < 1.29 is 19.8 Å². The highest BCUT2D eigenvalue weighted by atomic mass is 16.4. The van der Waals surface area contributed by atoms with Gasteiger partial charge in [0.15, 0.2) is 0 Å². The molecule has 0 aliphatic carbocycles. The predicted octanol–water partition coefficient (Wildman–Crippen LogP) is 1.35. The Kier molecular flexibility index (Phi) is 7.05. The van der Waals surface area contributed by atoms with Crippen LogP contribution in [0.25, 0.3) is 6.08 Å². The van der Waals surface area contributed by atoms with Gasteiger partial charge in [0.1, 0.15) is 0 Å². The van der Waals surface area contributed by atoms with Gasteiger partial charge in [0.25, 0.3) is 0 Å². The van der Waals surface area contributed by atoms with Crippen LogP contribution in [0.5, 0.6) is 0 Å². The second kappa shape index (κ2) is 8.06. The van der Waals surface area contributed by atoms with Gasteiger partial charge < -0.3 is 15.5 Å². The molecule has 92 valence electrons. The Morgan fingerprint density at radius 1 is 1.24 bits per heavy atom.